The van der Waals surface area contributed by atoms with Gasteiger partial charge in [-0.05, 0) is 62.9 Å². The quantitative estimate of drug-likeness (QED) is 0.864. The van der Waals surface area contributed by atoms with E-state index in [1.165, 1.54) is 37.8 Å². The largest absolute Gasteiger partial charge is 0.385 e. The van der Waals surface area contributed by atoms with Gasteiger partial charge in [0.05, 0.1) is 0 Å². The number of nitrogens with one attached hydrogen (secondary N) is 1. The fourth-order valence-electron chi connectivity index (χ4n) is 3.42. The molecule has 0 aromatic heterocycles. The third kappa shape index (κ3) is 2.24. The number of halogens is 1. The van der Waals surface area contributed by atoms with Crippen molar-refractivity contribution in [2.24, 2.45) is 0 Å². The molecule has 1 N–H and O–H groups in total. The molecule has 3 rings (SSSR count). The lowest BCUT2D eigenvalue weighted by atomic mass is 9.85. The predicted octanol–water partition coefficient (Wildman–Crippen LogP) is 3.21. The van der Waals surface area contributed by atoms with Crippen LogP contribution in [-0.2, 0) is 0 Å². The lowest BCUT2D eigenvalue weighted by Crippen LogP contribution is -2.28. The zero-order chi connectivity index (χ0) is 12.5. The minimum Gasteiger partial charge on any atom is -0.385 e. The van der Waals surface area contributed by atoms with E-state index in [9.17, 15) is 4.39 Å². The van der Waals surface area contributed by atoms with Crippen molar-refractivity contribution in [2.45, 2.75) is 37.6 Å². The lowest BCUT2D eigenvalue weighted by Gasteiger charge is -2.30. The van der Waals surface area contributed by atoms with Crippen LogP contribution >= 0.6 is 0 Å². The minimum absolute atomic E-state index is 0.139. The summed E-state index contributed by atoms with van der Waals surface area (Å²) in [6.07, 6.45) is 5.03. The smallest absolute Gasteiger partial charge is 0.125 e. The van der Waals surface area contributed by atoms with Gasteiger partial charge in [0.1, 0.15) is 5.82 Å². The Balaban J connectivity index is 1.78. The van der Waals surface area contributed by atoms with Gasteiger partial charge >= 0.3 is 0 Å². The van der Waals surface area contributed by atoms with E-state index in [0.717, 1.165) is 12.2 Å². The molecule has 1 aromatic carbocycles. The highest BCUT2D eigenvalue weighted by molar-refractivity contribution is 5.55. The van der Waals surface area contributed by atoms with Gasteiger partial charge < -0.3 is 10.2 Å². The van der Waals surface area contributed by atoms with E-state index < -0.39 is 0 Å². The van der Waals surface area contributed by atoms with E-state index in [-0.39, 0.29) is 5.82 Å². The van der Waals surface area contributed by atoms with E-state index in [2.05, 4.69) is 17.3 Å². The first-order chi connectivity index (χ1) is 8.74. The van der Waals surface area contributed by atoms with Crippen LogP contribution in [0.2, 0.25) is 0 Å². The normalized spacial score (nSPS) is 27.9. The number of likely N-dealkylation sites (tertiary alicyclic amines) is 1. The first kappa shape index (κ1) is 12.0. The average Bonchev–Trinajstić information content (AvgIpc) is 2.75. The summed E-state index contributed by atoms with van der Waals surface area (Å²) >= 11 is 0. The van der Waals surface area contributed by atoms with Gasteiger partial charge in [0.15, 0.2) is 0 Å². The number of nitrogens with zero attached hydrogens (tertiary/aromatic N) is 1. The lowest BCUT2D eigenvalue weighted by molar-refractivity contribution is 0.278. The Morgan fingerprint density at radius 1 is 1.39 bits per heavy atom. The number of hydrogen-bond donors (Lipinski definition) is 1. The Morgan fingerprint density at radius 3 is 3.06 bits per heavy atom. The Morgan fingerprint density at radius 2 is 2.28 bits per heavy atom. The van der Waals surface area contributed by atoms with Crippen LogP contribution in [0.25, 0.3) is 0 Å². The van der Waals surface area contributed by atoms with Crippen LogP contribution in [0.15, 0.2) is 18.2 Å². The van der Waals surface area contributed by atoms with Crippen molar-refractivity contribution in [2.75, 3.05) is 25.5 Å². The fraction of sp³-hybridized carbons (Fsp3) is 0.600. The Kier molecular flexibility index (Phi) is 3.25. The molecule has 2 heterocycles. The highest BCUT2D eigenvalue weighted by Crippen LogP contribution is 2.37. The second-order valence-electron chi connectivity index (χ2n) is 5.66. The van der Waals surface area contributed by atoms with Crippen LogP contribution in [0.5, 0.6) is 0 Å². The molecule has 2 atom stereocenters. The summed E-state index contributed by atoms with van der Waals surface area (Å²) in [6.45, 7) is 2.20. The van der Waals surface area contributed by atoms with Crippen LogP contribution < -0.4 is 5.32 Å². The molecule has 2 nitrogen and oxygen atoms in total. The third-order valence-electron chi connectivity index (χ3n) is 4.49. The molecule has 2 aliphatic rings. The first-order valence-electron chi connectivity index (χ1n) is 6.97. The second kappa shape index (κ2) is 4.88. The van der Waals surface area contributed by atoms with Gasteiger partial charge in [0.25, 0.3) is 0 Å². The summed E-state index contributed by atoms with van der Waals surface area (Å²) in [4.78, 5) is 2.48. The molecule has 0 amide bonds. The molecule has 0 aliphatic carbocycles. The van der Waals surface area contributed by atoms with Crippen LogP contribution in [0, 0.1) is 5.82 Å². The third-order valence-corrected chi connectivity index (χ3v) is 4.49. The molecule has 2 aliphatic heterocycles. The monoisotopic (exact) mass is 248 g/mol. The number of fused-ring (bicyclic) bond motifs is 1. The molecule has 0 spiro atoms. The number of hydrogen-bond acceptors (Lipinski definition) is 2. The van der Waals surface area contributed by atoms with E-state index in [1.807, 2.05) is 6.07 Å². The standard InChI is InChI=1S/C15H21FN2/c1-18-8-2-3-13(18)9-11-6-7-17-15-10-12(16)4-5-14(11)15/h4-5,10-11,13,17H,2-3,6-9H2,1H3. The maximum absolute atomic E-state index is 13.2. The van der Waals surface area contributed by atoms with Crippen molar-refractivity contribution in [1.29, 1.82) is 0 Å². The highest BCUT2D eigenvalue weighted by atomic mass is 19.1. The summed E-state index contributed by atoms with van der Waals surface area (Å²) in [6, 6.07) is 5.92. The predicted molar refractivity (Wildman–Crippen MR) is 72.5 cm³/mol. The second-order valence-corrected chi connectivity index (χ2v) is 5.66. The molecule has 18 heavy (non-hydrogen) atoms. The maximum atomic E-state index is 13.2. The molecule has 1 aromatic rings. The van der Waals surface area contributed by atoms with Gasteiger partial charge in [-0.15, -0.1) is 0 Å². The maximum Gasteiger partial charge on any atom is 0.125 e. The van der Waals surface area contributed by atoms with Gasteiger partial charge in [-0.2, -0.15) is 0 Å². The van der Waals surface area contributed by atoms with Crippen molar-refractivity contribution >= 4 is 5.69 Å². The Bertz CT molecular complexity index is 433. The summed E-state index contributed by atoms with van der Waals surface area (Å²) in [5, 5.41) is 3.32. The number of rotatable bonds is 2. The molecular weight excluding hydrogens is 227 g/mol. The van der Waals surface area contributed by atoms with Crippen molar-refractivity contribution in [3.63, 3.8) is 0 Å². The SMILES string of the molecule is CN1CCCC1CC1CCNc2cc(F)ccc21. The van der Waals surface area contributed by atoms with Crippen LogP contribution in [-0.4, -0.2) is 31.1 Å². The van der Waals surface area contributed by atoms with Gasteiger partial charge in [0, 0.05) is 18.3 Å². The van der Waals surface area contributed by atoms with E-state index in [1.54, 1.807) is 12.1 Å². The van der Waals surface area contributed by atoms with E-state index in [0.29, 0.717) is 12.0 Å². The molecule has 98 valence electrons. The molecule has 1 fully saturated rings. The summed E-state index contributed by atoms with van der Waals surface area (Å²) < 4.78 is 13.2. The summed E-state index contributed by atoms with van der Waals surface area (Å²) in [7, 11) is 2.23. The highest BCUT2D eigenvalue weighted by Gasteiger charge is 2.27. The minimum atomic E-state index is -0.139. The molecule has 0 bridgehead atoms. The zero-order valence-corrected chi connectivity index (χ0v) is 11.0. The van der Waals surface area contributed by atoms with Crippen molar-refractivity contribution in [1.82, 2.24) is 4.90 Å². The number of anilines is 1. The van der Waals surface area contributed by atoms with Crippen molar-refractivity contribution in [3.8, 4) is 0 Å². The first-order valence-corrected chi connectivity index (χ1v) is 6.97. The average molecular weight is 248 g/mol. The van der Waals surface area contributed by atoms with Crippen LogP contribution in [0.3, 0.4) is 0 Å². The summed E-state index contributed by atoms with van der Waals surface area (Å²) in [5.74, 6) is 0.451. The van der Waals surface area contributed by atoms with Crippen LogP contribution in [0.1, 0.15) is 37.2 Å². The molecule has 1 saturated heterocycles. The van der Waals surface area contributed by atoms with Gasteiger partial charge in [-0.3, -0.25) is 0 Å². The topological polar surface area (TPSA) is 15.3 Å². The van der Waals surface area contributed by atoms with Crippen molar-refractivity contribution in [3.05, 3.63) is 29.6 Å². The van der Waals surface area contributed by atoms with Crippen molar-refractivity contribution < 1.29 is 4.39 Å². The Labute approximate surface area is 108 Å². The molecular formula is C15H21FN2. The Hall–Kier alpha value is -1.09. The molecule has 0 radical (unpaired) electrons. The molecule has 3 heteroatoms. The molecule has 2 unspecified atom stereocenters. The van der Waals surface area contributed by atoms with Crippen LogP contribution in [0.4, 0.5) is 10.1 Å². The fourth-order valence-corrected chi connectivity index (χ4v) is 3.42. The van der Waals surface area contributed by atoms with Gasteiger partial charge in [-0.1, -0.05) is 6.07 Å². The molecule has 0 saturated carbocycles. The summed E-state index contributed by atoms with van der Waals surface area (Å²) in [5.41, 5.74) is 2.31. The van der Waals surface area contributed by atoms with Gasteiger partial charge in [0.2, 0.25) is 0 Å². The van der Waals surface area contributed by atoms with Gasteiger partial charge in [-0.25, -0.2) is 4.39 Å². The van der Waals surface area contributed by atoms with E-state index in [4.69, 9.17) is 0 Å². The zero-order valence-electron chi connectivity index (χ0n) is 11.0. The van der Waals surface area contributed by atoms with E-state index >= 15 is 0 Å². The number of benzene rings is 1.